The fraction of sp³-hybridized carbons (Fsp3) is 0.909. The molecule has 22 heavy (non-hydrogen) atoms. The summed E-state index contributed by atoms with van der Waals surface area (Å²) in [6, 6.07) is 0. The maximum absolute atomic E-state index is 2.45. The molecule has 0 aromatic rings. The number of hydrogen-bond acceptors (Lipinski definition) is 0. The summed E-state index contributed by atoms with van der Waals surface area (Å²) in [6.45, 7) is 14.1. The SMILES string of the molecule is CCCC=C(C)CCCC(C)CCCC(C)CCCC(C)C. The van der Waals surface area contributed by atoms with Crippen molar-refractivity contribution in [1.82, 2.24) is 0 Å². The zero-order chi connectivity index (χ0) is 16.8. The predicted molar refractivity (Wildman–Crippen MR) is 103 cm³/mol. The molecule has 0 aliphatic heterocycles. The topological polar surface area (TPSA) is 0 Å². The quantitative estimate of drug-likeness (QED) is 0.284. The summed E-state index contributed by atoms with van der Waals surface area (Å²) in [5.41, 5.74) is 1.60. The number of unbranched alkanes of at least 4 members (excludes halogenated alkanes) is 1. The summed E-state index contributed by atoms with van der Waals surface area (Å²) in [4.78, 5) is 0. The van der Waals surface area contributed by atoms with Crippen molar-refractivity contribution in [2.24, 2.45) is 17.8 Å². The molecule has 0 nitrogen and oxygen atoms in total. The third-order valence-corrected chi connectivity index (χ3v) is 4.92. The standard InChI is InChI=1S/C22H44/c1-7-8-13-20(4)15-10-17-22(6)18-11-16-21(5)14-9-12-19(2)3/h13,19,21-22H,7-12,14-18H2,1-6H3. The highest BCUT2D eigenvalue weighted by Crippen LogP contribution is 2.22. The van der Waals surface area contributed by atoms with Gasteiger partial charge >= 0.3 is 0 Å². The molecule has 0 N–H and O–H groups in total. The van der Waals surface area contributed by atoms with Crippen molar-refractivity contribution in [2.75, 3.05) is 0 Å². The highest BCUT2D eigenvalue weighted by atomic mass is 14.1. The van der Waals surface area contributed by atoms with Crippen LogP contribution >= 0.6 is 0 Å². The van der Waals surface area contributed by atoms with Crippen molar-refractivity contribution in [3.8, 4) is 0 Å². The van der Waals surface area contributed by atoms with Gasteiger partial charge < -0.3 is 0 Å². The largest absolute Gasteiger partial charge is 0.0856 e. The first-order chi connectivity index (χ1) is 10.5. The number of rotatable bonds is 14. The molecule has 0 aliphatic rings. The molecule has 0 rings (SSSR count). The third-order valence-electron chi connectivity index (χ3n) is 4.92. The maximum atomic E-state index is 2.45. The summed E-state index contributed by atoms with van der Waals surface area (Å²) in [6.07, 6.45) is 17.7. The molecular formula is C22H44. The van der Waals surface area contributed by atoms with Crippen LogP contribution in [-0.4, -0.2) is 0 Å². The predicted octanol–water partition coefficient (Wildman–Crippen LogP) is 8.17. The van der Waals surface area contributed by atoms with Crippen molar-refractivity contribution in [3.63, 3.8) is 0 Å². The smallest absolute Gasteiger partial charge is 0.0323 e. The average Bonchev–Trinajstić information content (AvgIpc) is 2.44. The third kappa shape index (κ3) is 14.7. The summed E-state index contributed by atoms with van der Waals surface area (Å²) in [7, 11) is 0. The van der Waals surface area contributed by atoms with Crippen LogP contribution in [0.3, 0.4) is 0 Å². The Balaban J connectivity index is 3.54. The van der Waals surface area contributed by atoms with E-state index in [0.717, 1.165) is 17.8 Å². The normalized spacial score (nSPS) is 15.3. The van der Waals surface area contributed by atoms with Gasteiger partial charge in [-0.25, -0.2) is 0 Å². The fourth-order valence-electron chi connectivity index (χ4n) is 3.20. The lowest BCUT2D eigenvalue weighted by Crippen LogP contribution is -2.00. The minimum Gasteiger partial charge on any atom is -0.0856 e. The first-order valence-electron chi connectivity index (χ1n) is 10.1. The van der Waals surface area contributed by atoms with Gasteiger partial charge in [-0.15, -0.1) is 0 Å². The zero-order valence-electron chi connectivity index (χ0n) is 16.6. The molecule has 0 heteroatoms. The Morgan fingerprint density at radius 3 is 1.77 bits per heavy atom. The van der Waals surface area contributed by atoms with Crippen LogP contribution in [0.5, 0.6) is 0 Å². The molecule has 0 bridgehead atoms. The van der Waals surface area contributed by atoms with Gasteiger partial charge in [-0.2, -0.15) is 0 Å². The molecule has 0 radical (unpaired) electrons. The Morgan fingerprint density at radius 1 is 0.773 bits per heavy atom. The molecule has 0 fully saturated rings. The minimum absolute atomic E-state index is 0.877. The summed E-state index contributed by atoms with van der Waals surface area (Å²) < 4.78 is 0. The van der Waals surface area contributed by atoms with Gasteiger partial charge in [0.1, 0.15) is 0 Å². The second kappa shape index (κ2) is 14.3. The van der Waals surface area contributed by atoms with Crippen LogP contribution in [0.1, 0.15) is 112 Å². The molecule has 0 aliphatic carbocycles. The molecule has 2 unspecified atom stereocenters. The number of hydrogen-bond donors (Lipinski definition) is 0. The Kier molecular flexibility index (Phi) is 14.2. The van der Waals surface area contributed by atoms with Crippen LogP contribution < -0.4 is 0 Å². The molecule has 0 spiro atoms. The first-order valence-corrected chi connectivity index (χ1v) is 10.1. The zero-order valence-corrected chi connectivity index (χ0v) is 16.6. The van der Waals surface area contributed by atoms with E-state index in [1.807, 2.05) is 0 Å². The van der Waals surface area contributed by atoms with Crippen LogP contribution in [0.25, 0.3) is 0 Å². The highest BCUT2D eigenvalue weighted by Gasteiger charge is 2.06. The summed E-state index contributed by atoms with van der Waals surface area (Å²) in [5, 5.41) is 0. The van der Waals surface area contributed by atoms with Gasteiger partial charge in [-0.3, -0.25) is 0 Å². The van der Waals surface area contributed by atoms with Crippen molar-refractivity contribution < 1.29 is 0 Å². The van der Waals surface area contributed by atoms with Crippen molar-refractivity contribution in [2.45, 2.75) is 112 Å². The lowest BCUT2D eigenvalue weighted by molar-refractivity contribution is 0.389. The maximum Gasteiger partial charge on any atom is -0.0323 e. The fourth-order valence-corrected chi connectivity index (χ4v) is 3.20. The molecule has 0 saturated carbocycles. The monoisotopic (exact) mass is 308 g/mol. The molecule has 0 saturated heterocycles. The van der Waals surface area contributed by atoms with Crippen molar-refractivity contribution in [3.05, 3.63) is 11.6 Å². The highest BCUT2D eigenvalue weighted by molar-refractivity contribution is 4.97. The van der Waals surface area contributed by atoms with Crippen LogP contribution in [0.15, 0.2) is 11.6 Å². The second-order valence-corrected chi connectivity index (χ2v) is 8.20. The minimum atomic E-state index is 0.877. The van der Waals surface area contributed by atoms with Gasteiger partial charge in [0.2, 0.25) is 0 Å². The molecule has 0 aromatic carbocycles. The Bertz CT molecular complexity index is 261. The van der Waals surface area contributed by atoms with Gasteiger partial charge in [0.05, 0.1) is 0 Å². The Hall–Kier alpha value is -0.260. The number of allylic oxidation sites excluding steroid dienone is 2. The van der Waals surface area contributed by atoms with Gasteiger partial charge in [0.15, 0.2) is 0 Å². The molecule has 0 amide bonds. The summed E-state index contributed by atoms with van der Waals surface area (Å²) in [5.74, 6) is 2.73. The van der Waals surface area contributed by atoms with Crippen molar-refractivity contribution >= 4 is 0 Å². The molecule has 0 aromatic heterocycles. The van der Waals surface area contributed by atoms with Crippen LogP contribution in [0.2, 0.25) is 0 Å². The van der Waals surface area contributed by atoms with Gasteiger partial charge in [0, 0.05) is 0 Å². The van der Waals surface area contributed by atoms with Gasteiger partial charge in [0.25, 0.3) is 0 Å². The van der Waals surface area contributed by atoms with E-state index in [9.17, 15) is 0 Å². The second-order valence-electron chi connectivity index (χ2n) is 8.20. The lowest BCUT2D eigenvalue weighted by atomic mass is 9.91. The average molecular weight is 309 g/mol. The van der Waals surface area contributed by atoms with Gasteiger partial charge in [-0.05, 0) is 43.9 Å². The van der Waals surface area contributed by atoms with Crippen LogP contribution in [0.4, 0.5) is 0 Å². The Morgan fingerprint density at radius 2 is 1.27 bits per heavy atom. The van der Waals surface area contributed by atoms with E-state index in [1.54, 1.807) is 5.57 Å². The van der Waals surface area contributed by atoms with E-state index >= 15 is 0 Å². The van der Waals surface area contributed by atoms with Crippen LogP contribution in [0, 0.1) is 17.8 Å². The molecule has 0 heterocycles. The van der Waals surface area contributed by atoms with E-state index in [-0.39, 0.29) is 0 Å². The Labute approximate surface area is 142 Å². The summed E-state index contributed by atoms with van der Waals surface area (Å²) >= 11 is 0. The van der Waals surface area contributed by atoms with Crippen molar-refractivity contribution in [1.29, 1.82) is 0 Å². The first kappa shape index (κ1) is 21.7. The molecule has 132 valence electrons. The van der Waals surface area contributed by atoms with E-state index < -0.39 is 0 Å². The lowest BCUT2D eigenvalue weighted by Gasteiger charge is -2.15. The van der Waals surface area contributed by atoms with E-state index in [2.05, 4.69) is 47.6 Å². The van der Waals surface area contributed by atoms with E-state index in [0.29, 0.717) is 0 Å². The van der Waals surface area contributed by atoms with E-state index in [4.69, 9.17) is 0 Å². The van der Waals surface area contributed by atoms with E-state index in [1.165, 1.54) is 70.6 Å². The molecule has 2 atom stereocenters. The van der Waals surface area contributed by atoms with Crippen LogP contribution in [-0.2, 0) is 0 Å². The van der Waals surface area contributed by atoms with Gasteiger partial charge in [-0.1, -0.05) is 97.6 Å². The molecular weight excluding hydrogens is 264 g/mol.